The number of rotatable bonds is 8. The van der Waals surface area contributed by atoms with Crippen LogP contribution in [-0.2, 0) is 36.9 Å². The number of fused-ring (bicyclic) bond motifs is 8. The van der Waals surface area contributed by atoms with Gasteiger partial charge >= 0.3 is 27.3 Å². The minimum atomic E-state index is -1.15. The van der Waals surface area contributed by atoms with Gasteiger partial charge in [-0.2, -0.15) is 0 Å². The minimum absolute atomic E-state index is 0. The Bertz CT molecular complexity index is 1920. The molecule has 0 aromatic carbocycles. The second kappa shape index (κ2) is 12.7. The quantitative estimate of drug-likeness (QED) is 0.318. The van der Waals surface area contributed by atoms with Crippen molar-refractivity contribution in [3.63, 3.8) is 0 Å². The summed E-state index contributed by atoms with van der Waals surface area (Å²) in [5.74, 6) is -2.29. The van der Waals surface area contributed by atoms with Crippen molar-refractivity contribution in [2.45, 2.75) is 53.4 Å². The maximum Gasteiger partial charge on any atom is 2.00 e. The Morgan fingerprint density at radius 1 is 0.674 bits per heavy atom. The van der Waals surface area contributed by atoms with Crippen LogP contribution in [0, 0.1) is 13.8 Å². The number of aryl methyl sites for hydroxylation is 2. The first-order valence-electron chi connectivity index (χ1n) is 13.8. The van der Waals surface area contributed by atoms with Crippen molar-refractivity contribution in [1.82, 2.24) is 19.9 Å². The van der Waals surface area contributed by atoms with Gasteiger partial charge < -0.3 is 29.8 Å². The summed E-state index contributed by atoms with van der Waals surface area (Å²) in [5.41, 5.74) is 13.3. The van der Waals surface area contributed by atoms with E-state index in [2.05, 4.69) is 23.1 Å². The first-order chi connectivity index (χ1) is 20.0. The second-order valence-electron chi connectivity index (χ2n) is 10.7. The summed E-state index contributed by atoms with van der Waals surface area (Å²) in [5, 5.41) is 22.8. The number of hydrogen-bond acceptors (Lipinski definition) is 6. The average molecular weight is 673 g/mol. The van der Waals surface area contributed by atoms with Crippen LogP contribution < -0.4 is 10.2 Å². The van der Waals surface area contributed by atoms with Gasteiger partial charge in [-0.05, 0) is 111 Å². The van der Waals surface area contributed by atoms with E-state index in [4.69, 9.17) is 9.97 Å². The van der Waals surface area contributed by atoms with Crippen molar-refractivity contribution in [2.75, 3.05) is 0 Å². The number of carboxylic acid groups (broad SMARTS) is 2. The molecule has 0 aliphatic carbocycles. The van der Waals surface area contributed by atoms with Crippen LogP contribution in [0.5, 0.6) is 0 Å². The SMILES string of the molecule is C=Cc1c(C)c2cc3[nH]c(cc4nc(cc5nc(cc1[nH]2)C(C)=C5CCC(=O)[O-])C(CCC(=O)[O-])=C4C)c(C)c3C=C.[Cd+2]. The van der Waals surface area contributed by atoms with Crippen molar-refractivity contribution in [1.29, 1.82) is 0 Å². The first-order valence-corrected chi connectivity index (χ1v) is 13.8. The number of carboxylic acids is 2. The number of nitrogens with one attached hydrogen (secondary N) is 2. The van der Waals surface area contributed by atoms with Gasteiger partial charge in [0.05, 0.1) is 22.8 Å². The number of H-pyrrole nitrogens is 2. The molecule has 2 aliphatic heterocycles. The summed E-state index contributed by atoms with van der Waals surface area (Å²) in [6.07, 6.45) is 3.79. The number of allylic oxidation sites excluding steroid dienone is 4. The maximum absolute atomic E-state index is 11.4. The molecule has 0 saturated heterocycles. The number of aromatic nitrogens is 4. The Kier molecular flexibility index (Phi) is 9.39. The van der Waals surface area contributed by atoms with E-state index < -0.39 is 11.9 Å². The van der Waals surface area contributed by atoms with Crippen LogP contribution >= 0.6 is 0 Å². The Morgan fingerprint density at radius 3 is 1.49 bits per heavy atom. The van der Waals surface area contributed by atoms with E-state index in [0.29, 0.717) is 22.8 Å². The monoisotopic (exact) mass is 674 g/mol. The molecule has 0 atom stereocenters. The van der Waals surface area contributed by atoms with Gasteiger partial charge in [-0.1, -0.05) is 25.3 Å². The van der Waals surface area contributed by atoms with Gasteiger partial charge in [-0.3, -0.25) is 0 Å². The molecule has 5 heterocycles. The van der Waals surface area contributed by atoms with E-state index in [0.717, 1.165) is 66.6 Å². The third kappa shape index (κ3) is 6.06. The predicted octanol–water partition coefficient (Wildman–Crippen LogP) is 5.14. The van der Waals surface area contributed by atoms with E-state index >= 15 is 0 Å². The summed E-state index contributed by atoms with van der Waals surface area (Å²) in [7, 11) is 0. The van der Waals surface area contributed by atoms with Gasteiger partial charge in [-0.25, -0.2) is 9.97 Å². The normalized spacial score (nSPS) is 12.7. The zero-order chi connectivity index (χ0) is 30.3. The first kappa shape index (κ1) is 31.9. The summed E-state index contributed by atoms with van der Waals surface area (Å²) >= 11 is 0. The van der Waals surface area contributed by atoms with E-state index in [-0.39, 0.29) is 53.0 Å². The number of aliphatic carboxylic acids is 2. The number of nitrogens with zero attached hydrogens (tertiary/aromatic N) is 2. The number of hydrogen-bond donors (Lipinski definition) is 2. The summed E-state index contributed by atoms with van der Waals surface area (Å²) in [4.78, 5) is 39.7. The molecule has 5 rings (SSSR count). The van der Waals surface area contributed by atoms with Crippen LogP contribution in [0.3, 0.4) is 0 Å². The Morgan fingerprint density at radius 2 is 1.07 bits per heavy atom. The smallest absolute Gasteiger partial charge is 0.550 e. The van der Waals surface area contributed by atoms with Gasteiger partial charge in [0, 0.05) is 45.1 Å². The maximum atomic E-state index is 11.4. The van der Waals surface area contributed by atoms with Crippen LogP contribution in [-0.4, -0.2) is 31.9 Å². The molecule has 0 spiro atoms. The molecule has 3 aromatic heterocycles. The molecule has 2 N–H and O–H groups in total. The van der Waals surface area contributed by atoms with Crippen LogP contribution in [0.4, 0.5) is 0 Å². The molecule has 0 unspecified atom stereocenters. The molecule has 0 radical (unpaired) electrons. The van der Waals surface area contributed by atoms with Crippen molar-refractivity contribution < 1.29 is 47.1 Å². The third-order valence-corrected chi connectivity index (χ3v) is 8.20. The number of carbonyl (C=O) groups is 2. The summed E-state index contributed by atoms with van der Waals surface area (Å²) in [6.45, 7) is 16.0. The van der Waals surface area contributed by atoms with Crippen LogP contribution in [0.15, 0.2) is 37.4 Å². The Balaban J connectivity index is 0.00000423. The molecule has 8 bridgehead atoms. The molecule has 3 aromatic rings. The Hall–Kier alpha value is -4.06. The van der Waals surface area contributed by atoms with Crippen molar-refractivity contribution in [2.24, 2.45) is 0 Å². The number of carbonyl (C=O) groups excluding carboxylic acids is 2. The zero-order valence-corrected chi connectivity index (χ0v) is 29.0. The van der Waals surface area contributed by atoms with Crippen molar-refractivity contribution >= 4 is 68.4 Å². The van der Waals surface area contributed by atoms with Gasteiger partial charge in [-0.15, -0.1) is 0 Å². The fourth-order valence-corrected chi connectivity index (χ4v) is 5.76. The molecule has 9 heteroatoms. The molecular formula is C34H32CdN4O4. The minimum Gasteiger partial charge on any atom is -0.550 e. The van der Waals surface area contributed by atoms with Gasteiger partial charge in [0.25, 0.3) is 0 Å². The molecule has 8 nitrogen and oxygen atoms in total. The second-order valence-corrected chi connectivity index (χ2v) is 10.7. The molecule has 0 amide bonds. The van der Waals surface area contributed by atoms with Gasteiger partial charge in [0.15, 0.2) is 0 Å². The predicted molar refractivity (Wildman–Crippen MR) is 164 cm³/mol. The van der Waals surface area contributed by atoms with Crippen molar-refractivity contribution in [3.8, 4) is 0 Å². The van der Waals surface area contributed by atoms with Crippen molar-refractivity contribution in [3.05, 3.63) is 82.5 Å². The number of aromatic amines is 2. The molecule has 0 fully saturated rings. The van der Waals surface area contributed by atoms with Crippen LogP contribution in [0.25, 0.3) is 56.5 Å². The fraction of sp³-hybridized carbons (Fsp3) is 0.235. The molecule has 2 aliphatic rings. The van der Waals surface area contributed by atoms with Gasteiger partial charge in [0.1, 0.15) is 0 Å². The fourth-order valence-electron chi connectivity index (χ4n) is 5.76. The summed E-state index contributed by atoms with van der Waals surface area (Å²) in [6, 6.07) is 7.78. The van der Waals surface area contributed by atoms with Crippen LogP contribution in [0.1, 0.15) is 84.6 Å². The van der Waals surface area contributed by atoms with E-state index in [9.17, 15) is 19.8 Å². The molecule has 214 valence electrons. The molecule has 43 heavy (non-hydrogen) atoms. The average Bonchev–Trinajstić information content (AvgIpc) is 3.59. The summed E-state index contributed by atoms with van der Waals surface area (Å²) < 4.78 is 0. The topological polar surface area (TPSA) is 138 Å². The largest absolute Gasteiger partial charge is 2.00 e. The molecule has 0 saturated carbocycles. The van der Waals surface area contributed by atoms with Crippen LogP contribution in [0.2, 0.25) is 0 Å². The van der Waals surface area contributed by atoms with Gasteiger partial charge in [0.2, 0.25) is 0 Å². The standard InChI is InChI=1S/C34H34N4O4.Cd/c1-7-21-17(3)25-13-26-19(5)23(9-11-33(39)40)31(37-26)16-32-24(10-12-34(41)42)20(6)28(38-32)15-30-22(8-2)18(4)27(36-30)14-29(21)35-25;/h7-8,13-16,35-36H,1-2,9-12H2,3-6H3,(H,39,40)(H,41,42);/q;+2/p-2. The van der Waals surface area contributed by atoms with E-state index in [1.165, 1.54) is 0 Å². The molecular weight excluding hydrogens is 641 g/mol. The zero-order valence-electron chi connectivity index (χ0n) is 24.9. The third-order valence-electron chi connectivity index (χ3n) is 8.20. The van der Waals surface area contributed by atoms with E-state index in [1.54, 1.807) is 6.08 Å². The Labute approximate surface area is 270 Å². The van der Waals surface area contributed by atoms with E-state index in [1.807, 2.05) is 58.0 Å².